The molecule has 0 aliphatic carbocycles. The van der Waals surface area contributed by atoms with Crippen LogP contribution in [0.25, 0.3) is 0 Å². The molecule has 2 aromatic heterocycles. The van der Waals surface area contributed by atoms with Crippen molar-refractivity contribution in [2.45, 2.75) is 19.4 Å². The first-order chi connectivity index (χ1) is 8.13. The Kier molecular flexibility index (Phi) is 3.31. The van der Waals surface area contributed by atoms with E-state index in [0.717, 1.165) is 11.3 Å². The lowest BCUT2D eigenvalue weighted by Crippen LogP contribution is -2.04. The van der Waals surface area contributed by atoms with E-state index in [1.54, 1.807) is 6.07 Å². The first-order valence-electron chi connectivity index (χ1n) is 5.20. The Morgan fingerprint density at radius 1 is 1.47 bits per heavy atom. The van der Waals surface area contributed by atoms with E-state index in [1.807, 2.05) is 13.0 Å². The van der Waals surface area contributed by atoms with Gasteiger partial charge < -0.3 is 14.6 Å². The third-order valence-electron chi connectivity index (χ3n) is 2.47. The maximum absolute atomic E-state index is 10.9. The van der Waals surface area contributed by atoms with Crippen molar-refractivity contribution in [3.05, 3.63) is 45.5 Å². The summed E-state index contributed by atoms with van der Waals surface area (Å²) < 4.78 is 5.06. The first kappa shape index (κ1) is 11.9. The molecule has 2 rings (SSSR count). The first-order valence-corrected chi connectivity index (χ1v) is 6.02. The molecule has 0 saturated heterocycles. The lowest BCUT2D eigenvalue weighted by Gasteiger charge is -2.06. The van der Waals surface area contributed by atoms with Crippen molar-refractivity contribution < 1.29 is 19.4 Å². The van der Waals surface area contributed by atoms with Crippen molar-refractivity contribution in [2.75, 3.05) is 0 Å². The van der Waals surface area contributed by atoms with Gasteiger partial charge in [0.1, 0.15) is 11.7 Å². The number of carboxylic acid groups (broad SMARTS) is 1. The summed E-state index contributed by atoms with van der Waals surface area (Å²) in [4.78, 5) is 12.7. The van der Waals surface area contributed by atoms with Crippen LogP contribution in [0.4, 0.5) is 0 Å². The van der Waals surface area contributed by atoms with Crippen LogP contribution in [0.5, 0.6) is 0 Å². The second-order valence-corrected chi connectivity index (χ2v) is 4.76. The van der Waals surface area contributed by atoms with Crippen LogP contribution in [0.2, 0.25) is 0 Å². The largest absolute Gasteiger partial charge is 0.478 e. The van der Waals surface area contributed by atoms with Crippen LogP contribution in [0.3, 0.4) is 0 Å². The highest BCUT2D eigenvalue weighted by atomic mass is 32.1. The Bertz CT molecular complexity index is 526. The molecule has 2 heterocycles. The third-order valence-corrected chi connectivity index (χ3v) is 3.76. The van der Waals surface area contributed by atoms with Crippen molar-refractivity contribution in [1.82, 2.24) is 0 Å². The van der Waals surface area contributed by atoms with Crippen LogP contribution in [0, 0.1) is 0 Å². The number of rotatable bonds is 4. The number of furan rings is 1. The molecule has 2 N–H and O–H groups in total. The highest BCUT2D eigenvalue weighted by Crippen LogP contribution is 2.31. The molecule has 5 heteroatoms. The van der Waals surface area contributed by atoms with Crippen molar-refractivity contribution in [3.63, 3.8) is 0 Å². The molecule has 4 nitrogen and oxygen atoms in total. The van der Waals surface area contributed by atoms with Gasteiger partial charge in [0.15, 0.2) is 5.76 Å². The fourth-order valence-electron chi connectivity index (χ4n) is 1.57. The normalized spacial score (nSPS) is 12.6. The molecule has 0 aromatic carbocycles. The zero-order valence-electron chi connectivity index (χ0n) is 9.21. The molecule has 90 valence electrons. The van der Waals surface area contributed by atoms with E-state index in [4.69, 9.17) is 9.52 Å². The molecular formula is C12H12O4S. The fraction of sp³-hybridized carbons (Fsp3) is 0.250. The van der Waals surface area contributed by atoms with Crippen LogP contribution in [0.1, 0.15) is 38.9 Å². The quantitative estimate of drug-likeness (QED) is 0.877. The van der Waals surface area contributed by atoms with E-state index in [9.17, 15) is 9.90 Å². The number of carboxylic acids is 1. The van der Waals surface area contributed by atoms with E-state index in [2.05, 4.69) is 0 Å². The molecule has 0 amide bonds. The molecule has 2 aromatic rings. The van der Waals surface area contributed by atoms with Crippen LogP contribution in [-0.2, 0) is 6.42 Å². The highest BCUT2D eigenvalue weighted by molar-refractivity contribution is 7.12. The second kappa shape index (κ2) is 4.73. The predicted molar refractivity (Wildman–Crippen MR) is 63.4 cm³/mol. The van der Waals surface area contributed by atoms with E-state index >= 15 is 0 Å². The molecule has 0 radical (unpaired) electrons. The highest BCUT2D eigenvalue weighted by Gasteiger charge is 2.23. The number of aryl methyl sites for hydroxylation is 1. The molecule has 0 saturated carbocycles. The number of aromatic carboxylic acids is 1. The van der Waals surface area contributed by atoms with Crippen LogP contribution >= 0.6 is 11.3 Å². The Morgan fingerprint density at radius 2 is 2.24 bits per heavy atom. The van der Waals surface area contributed by atoms with Gasteiger partial charge in [0.25, 0.3) is 0 Å². The van der Waals surface area contributed by atoms with Gasteiger partial charge in [-0.15, -0.1) is 11.3 Å². The standard InChI is InChI=1S/C12H12O4S/c1-2-7-3-4-9(17-7)10(13)11-8(12(14)15)5-6-16-11/h3-6,10,13H,2H2,1H3,(H,14,15). The fourth-order valence-corrected chi connectivity index (χ4v) is 2.51. The average molecular weight is 252 g/mol. The molecule has 0 fully saturated rings. The van der Waals surface area contributed by atoms with Gasteiger partial charge >= 0.3 is 5.97 Å². The minimum Gasteiger partial charge on any atom is -0.478 e. The van der Waals surface area contributed by atoms with Gasteiger partial charge in [-0.1, -0.05) is 6.92 Å². The predicted octanol–water partition coefficient (Wildman–Crippen LogP) is 2.68. The zero-order valence-corrected chi connectivity index (χ0v) is 10.0. The minimum atomic E-state index is -1.10. The summed E-state index contributed by atoms with van der Waals surface area (Å²) in [6.07, 6.45) is 1.15. The van der Waals surface area contributed by atoms with Gasteiger partial charge in [-0.05, 0) is 24.6 Å². The van der Waals surface area contributed by atoms with Gasteiger partial charge in [0.2, 0.25) is 0 Å². The van der Waals surface area contributed by atoms with Crippen molar-refractivity contribution in [2.24, 2.45) is 0 Å². The maximum Gasteiger partial charge on any atom is 0.339 e. The third kappa shape index (κ3) is 2.25. The molecule has 0 aliphatic rings. The van der Waals surface area contributed by atoms with Gasteiger partial charge in [-0.2, -0.15) is 0 Å². The summed E-state index contributed by atoms with van der Waals surface area (Å²) in [6.45, 7) is 2.03. The van der Waals surface area contributed by atoms with Crippen LogP contribution in [0.15, 0.2) is 28.9 Å². The van der Waals surface area contributed by atoms with Crippen molar-refractivity contribution >= 4 is 17.3 Å². The summed E-state index contributed by atoms with van der Waals surface area (Å²) in [5, 5.41) is 19.0. The summed E-state index contributed by atoms with van der Waals surface area (Å²) in [5.41, 5.74) is 0.00366. The number of aliphatic hydroxyl groups is 1. The SMILES string of the molecule is CCc1ccc(C(O)c2occc2C(=O)O)s1. The van der Waals surface area contributed by atoms with E-state index in [1.165, 1.54) is 23.7 Å². The second-order valence-electron chi connectivity index (χ2n) is 3.56. The molecule has 0 aliphatic heterocycles. The summed E-state index contributed by atoms with van der Waals surface area (Å²) in [6, 6.07) is 5.06. The Morgan fingerprint density at radius 3 is 2.82 bits per heavy atom. The Balaban J connectivity index is 2.33. The lowest BCUT2D eigenvalue weighted by molar-refractivity contribution is 0.0688. The van der Waals surface area contributed by atoms with Gasteiger partial charge in [-0.3, -0.25) is 0 Å². The van der Waals surface area contributed by atoms with Gasteiger partial charge in [0.05, 0.1) is 6.26 Å². The van der Waals surface area contributed by atoms with E-state index < -0.39 is 12.1 Å². The van der Waals surface area contributed by atoms with Crippen molar-refractivity contribution in [3.8, 4) is 0 Å². The van der Waals surface area contributed by atoms with Gasteiger partial charge in [-0.25, -0.2) is 4.79 Å². The van der Waals surface area contributed by atoms with Gasteiger partial charge in [0, 0.05) is 9.75 Å². The number of aliphatic hydroxyl groups excluding tert-OH is 1. The summed E-state index contributed by atoms with van der Waals surface area (Å²) >= 11 is 1.46. The number of hydrogen-bond acceptors (Lipinski definition) is 4. The molecular weight excluding hydrogens is 240 g/mol. The molecule has 0 bridgehead atoms. The summed E-state index contributed by atoms with van der Waals surface area (Å²) in [5.74, 6) is -1.01. The van der Waals surface area contributed by atoms with E-state index in [0.29, 0.717) is 4.88 Å². The van der Waals surface area contributed by atoms with Crippen molar-refractivity contribution in [1.29, 1.82) is 0 Å². The number of carbonyl (C=O) groups is 1. The maximum atomic E-state index is 10.9. The Labute approximate surface area is 102 Å². The lowest BCUT2D eigenvalue weighted by atomic mass is 10.1. The van der Waals surface area contributed by atoms with Crippen LogP contribution in [-0.4, -0.2) is 16.2 Å². The molecule has 1 unspecified atom stereocenters. The molecule has 1 atom stereocenters. The van der Waals surface area contributed by atoms with Crippen LogP contribution < -0.4 is 0 Å². The zero-order chi connectivity index (χ0) is 12.4. The monoisotopic (exact) mass is 252 g/mol. The topological polar surface area (TPSA) is 70.7 Å². The van der Waals surface area contributed by atoms with E-state index in [-0.39, 0.29) is 11.3 Å². The summed E-state index contributed by atoms with van der Waals surface area (Å²) in [7, 11) is 0. The number of thiophene rings is 1. The molecule has 0 spiro atoms. The smallest absolute Gasteiger partial charge is 0.339 e. The average Bonchev–Trinajstić information content (AvgIpc) is 2.97. The minimum absolute atomic E-state index is 0.00366. The number of hydrogen-bond donors (Lipinski definition) is 2. The Hall–Kier alpha value is -1.59. The molecule has 17 heavy (non-hydrogen) atoms.